The molecule has 0 spiro atoms. The van der Waals surface area contributed by atoms with E-state index in [1.165, 1.54) is 0 Å². The molecule has 1 fully saturated rings. The van der Waals surface area contributed by atoms with Crippen LogP contribution in [-0.4, -0.2) is 30.6 Å². The molecule has 10 heavy (non-hydrogen) atoms. The molecule has 1 rings (SSSR count). The maximum Gasteiger partial charge on any atom is 0.248 e. The van der Waals surface area contributed by atoms with Crippen LogP contribution in [-0.2, 0) is 0 Å². The first-order chi connectivity index (χ1) is 4.72. The Morgan fingerprint density at radius 1 is 1.60 bits per heavy atom. The van der Waals surface area contributed by atoms with E-state index in [4.69, 9.17) is 6.57 Å². The molecule has 56 valence electrons. The van der Waals surface area contributed by atoms with Crippen molar-refractivity contribution in [1.82, 2.24) is 4.90 Å². The normalized spacial score (nSPS) is 20.6. The summed E-state index contributed by atoms with van der Waals surface area (Å²) in [6.45, 7) is 14.3. The average Bonchev–Trinajstić information content (AvgIpc) is 1.76. The molecule has 0 saturated carbocycles. The molecule has 1 heterocycles. The molecular formula is C8H14N2. The van der Waals surface area contributed by atoms with Crippen molar-refractivity contribution in [2.45, 2.75) is 19.9 Å². The molecule has 0 aromatic carbocycles. The largest absolute Gasteiger partial charge is 0.311 e. The van der Waals surface area contributed by atoms with Crippen LogP contribution in [0.1, 0.15) is 13.8 Å². The van der Waals surface area contributed by atoms with Crippen LogP contribution in [0.25, 0.3) is 4.85 Å². The van der Waals surface area contributed by atoms with Crippen LogP contribution < -0.4 is 0 Å². The van der Waals surface area contributed by atoms with Gasteiger partial charge in [-0.15, -0.1) is 0 Å². The Kier molecular flexibility index (Phi) is 2.29. The van der Waals surface area contributed by atoms with Gasteiger partial charge in [0.15, 0.2) is 0 Å². The first-order valence-electron chi connectivity index (χ1n) is 3.81. The second-order valence-electron chi connectivity index (χ2n) is 3.40. The van der Waals surface area contributed by atoms with Crippen molar-refractivity contribution in [3.63, 3.8) is 0 Å². The third kappa shape index (κ3) is 1.71. The summed E-state index contributed by atoms with van der Waals surface area (Å²) < 4.78 is 0. The predicted molar refractivity (Wildman–Crippen MR) is 41.7 cm³/mol. The van der Waals surface area contributed by atoms with Crippen LogP contribution in [0.15, 0.2) is 0 Å². The summed E-state index contributed by atoms with van der Waals surface area (Å²) in [5.41, 5.74) is 0. The van der Waals surface area contributed by atoms with Gasteiger partial charge in [0, 0.05) is 6.54 Å². The Hall–Kier alpha value is -0.550. The number of hydrogen-bond acceptors (Lipinski definition) is 1. The molecule has 2 nitrogen and oxygen atoms in total. The topological polar surface area (TPSA) is 7.60 Å². The van der Waals surface area contributed by atoms with Gasteiger partial charge >= 0.3 is 0 Å². The van der Waals surface area contributed by atoms with Gasteiger partial charge in [-0.05, 0) is 5.92 Å². The molecule has 0 unspecified atom stereocenters. The fourth-order valence-corrected chi connectivity index (χ4v) is 1.29. The van der Waals surface area contributed by atoms with Crippen molar-refractivity contribution in [3.8, 4) is 0 Å². The standard InChI is InChI=1S/C8H14N2/c1-7(2)4-10-5-8(6-10)9-3/h7-8H,4-6H2,1-2H3. The number of nitrogens with zero attached hydrogens (tertiary/aromatic N) is 2. The third-order valence-electron chi connectivity index (χ3n) is 1.74. The van der Waals surface area contributed by atoms with Gasteiger partial charge in [-0.25, -0.2) is 6.57 Å². The molecule has 0 aromatic rings. The van der Waals surface area contributed by atoms with Gasteiger partial charge in [-0.3, -0.25) is 4.90 Å². The molecule has 0 N–H and O–H groups in total. The molecule has 0 aromatic heterocycles. The van der Waals surface area contributed by atoms with Gasteiger partial charge in [0.1, 0.15) is 0 Å². The van der Waals surface area contributed by atoms with Crippen molar-refractivity contribution >= 4 is 0 Å². The lowest BCUT2D eigenvalue weighted by molar-refractivity contribution is 0.151. The van der Waals surface area contributed by atoms with Crippen molar-refractivity contribution in [1.29, 1.82) is 0 Å². The highest BCUT2D eigenvalue weighted by atomic mass is 15.2. The van der Waals surface area contributed by atoms with Gasteiger partial charge in [0.2, 0.25) is 6.04 Å². The monoisotopic (exact) mass is 138 g/mol. The van der Waals surface area contributed by atoms with Crippen LogP contribution in [0.5, 0.6) is 0 Å². The van der Waals surface area contributed by atoms with Crippen LogP contribution in [0.2, 0.25) is 0 Å². The lowest BCUT2D eigenvalue weighted by Crippen LogP contribution is -2.50. The highest BCUT2D eigenvalue weighted by molar-refractivity contribution is 4.93. The summed E-state index contributed by atoms with van der Waals surface area (Å²) in [4.78, 5) is 5.80. The van der Waals surface area contributed by atoms with E-state index >= 15 is 0 Å². The fraction of sp³-hybridized carbons (Fsp3) is 0.875. The Morgan fingerprint density at radius 3 is 2.60 bits per heavy atom. The summed E-state index contributed by atoms with van der Waals surface area (Å²) >= 11 is 0. The molecular weight excluding hydrogens is 124 g/mol. The summed E-state index contributed by atoms with van der Waals surface area (Å²) in [5.74, 6) is 0.742. The molecule has 0 amide bonds. The second kappa shape index (κ2) is 3.03. The SMILES string of the molecule is [C-]#[N+]C1CN(CC(C)C)C1. The van der Waals surface area contributed by atoms with Gasteiger partial charge in [0.05, 0.1) is 13.1 Å². The van der Waals surface area contributed by atoms with E-state index in [-0.39, 0.29) is 0 Å². The number of hydrogen-bond donors (Lipinski definition) is 0. The Bertz CT molecular complexity index is 140. The minimum atomic E-state index is 0.304. The fourth-order valence-electron chi connectivity index (χ4n) is 1.29. The molecule has 1 aliphatic heterocycles. The summed E-state index contributed by atoms with van der Waals surface area (Å²) in [6.07, 6.45) is 0. The van der Waals surface area contributed by atoms with Crippen molar-refractivity contribution in [2.24, 2.45) is 5.92 Å². The molecule has 0 atom stereocenters. The minimum Gasteiger partial charge on any atom is -0.311 e. The van der Waals surface area contributed by atoms with E-state index in [1.54, 1.807) is 0 Å². The zero-order valence-corrected chi connectivity index (χ0v) is 6.67. The minimum absolute atomic E-state index is 0.304. The predicted octanol–water partition coefficient (Wildman–Crippen LogP) is 1.25. The average molecular weight is 138 g/mol. The van der Waals surface area contributed by atoms with Crippen LogP contribution >= 0.6 is 0 Å². The van der Waals surface area contributed by atoms with E-state index < -0.39 is 0 Å². The molecule has 0 bridgehead atoms. The van der Waals surface area contributed by atoms with Crippen molar-refractivity contribution in [3.05, 3.63) is 11.4 Å². The van der Waals surface area contributed by atoms with Gasteiger partial charge in [-0.2, -0.15) is 0 Å². The first kappa shape index (κ1) is 7.56. The van der Waals surface area contributed by atoms with Crippen LogP contribution in [0.4, 0.5) is 0 Å². The third-order valence-corrected chi connectivity index (χ3v) is 1.74. The van der Waals surface area contributed by atoms with Crippen molar-refractivity contribution < 1.29 is 0 Å². The van der Waals surface area contributed by atoms with Crippen LogP contribution in [0.3, 0.4) is 0 Å². The first-order valence-corrected chi connectivity index (χ1v) is 3.81. The molecule has 1 aliphatic rings. The molecule has 2 heteroatoms. The Morgan fingerprint density at radius 2 is 2.20 bits per heavy atom. The van der Waals surface area contributed by atoms with E-state index in [2.05, 4.69) is 23.6 Å². The maximum absolute atomic E-state index is 6.73. The Balaban J connectivity index is 2.10. The zero-order chi connectivity index (χ0) is 7.56. The lowest BCUT2D eigenvalue weighted by Gasteiger charge is -2.32. The second-order valence-corrected chi connectivity index (χ2v) is 3.40. The summed E-state index contributed by atoms with van der Waals surface area (Å²) in [6, 6.07) is 0.304. The lowest BCUT2D eigenvalue weighted by atomic mass is 10.1. The molecule has 0 aliphatic carbocycles. The number of rotatable bonds is 2. The van der Waals surface area contributed by atoms with Gasteiger partial charge in [0.25, 0.3) is 0 Å². The van der Waals surface area contributed by atoms with Gasteiger partial charge < -0.3 is 4.85 Å². The van der Waals surface area contributed by atoms with E-state index in [0.717, 1.165) is 25.6 Å². The van der Waals surface area contributed by atoms with E-state index in [0.29, 0.717) is 6.04 Å². The molecule has 0 radical (unpaired) electrons. The highest BCUT2D eigenvalue weighted by Gasteiger charge is 2.30. The zero-order valence-electron chi connectivity index (χ0n) is 6.67. The number of likely N-dealkylation sites (tertiary alicyclic amines) is 1. The quantitative estimate of drug-likeness (QED) is 0.521. The Labute approximate surface area is 62.7 Å². The maximum atomic E-state index is 6.73. The summed E-state index contributed by atoms with van der Waals surface area (Å²) in [7, 11) is 0. The molecule has 1 saturated heterocycles. The van der Waals surface area contributed by atoms with Crippen molar-refractivity contribution in [2.75, 3.05) is 19.6 Å². The van der Waals surface area contributed by atoms with E-state index in [9.17, 15) is 0 Å². The smallest absolute Gasteiger partial charge is 0.248 e. The summed E-state index contributed by atoms with van der Waals surface area (Å²) in [5, 5.41) is 0. The van der Waals surface area contributed by atoms with Gasteiger partial charge in [-0.1, -0.05) is 13.8 Å². The van der Waals surface area contributed by atoms with E-state index in [1.807, 2.05) is 0 Å². The van der Waals surface area contributed by atoms with Crippen LogP contribution in [0, 0.1) is 12.5 Å². The highest BCUT2D eigenvalue weighted by Crippen LogP contribution is 2.12.